The Labute approximate surface area is 245 Å². The maximum Gasteiger partial charge on any atom is 0.313 e. The molecule has 1 aliphatic rings. The number of aromatic nitrogens is 3. The number of fused-ring (bicyclic) bond motifs is 1. The van der Waals surface area contributed by atoms with Gasteiger partial charge in [0.2, 0.25) is 5.88 Å². The molecule has 3 aromatic rings. The molecule has 2 atom stereocenters. The van der Waals surface area contributed by atoms with Gasteiger partial charge >= 0.3 is 11.8 Å². The Hall–Kier alpha value is -4.10. The van der Waals surface area contributed by atoms with Crippen LogP contribution >= 0.6 is 0 Å². The minimum atomic E-state index is -1.26. The Morgan fingerprint density at radius 3 is 2.60 bits per heavy atom. The first-order valence-corrected chi connectivity index (χ1v) is 17.6. The minimum Gasteiger partial charge on any atom is -0.480 e. The number of likely N-dealkylation sites (tertiary alicyclic amines) is 1. The first kappa shape index (κ1) is 30.8. The summed E-state index contributed by atoms with van der Waals surface area (Å²) in [6.07, 6.45) is 2.75. The molecule has 3 N–H and O–H groups in total. The zero-order chi connectivity index (χ0) is 30.6. The lowest BCUT2D eigenvalue weighted by Gasteiger charge is -2.38. The number of hydrogen-bond donors (Lipinski definition) is 2. The molecule has 0 bridgehead atoms. The monoisotopic (exact) mass is 594 g/mol. The summed E-state index contributed by atoms with van der Waals surface area (Å²) < 4.78 is 12.4. The van der Waals surface area contributed by atoms with Gasteiger partial charge in [0.25, 0.3) is 11.5 Å². The van der Waals surface area contributed by atoms with Gasteiger partial charge in [-0.1, -0.05) is 26.6 Å². The van der Waals surface area contributed by atoms with Crippen LogP contribution in [0.2, 0.25) is 25.7 Å². The summed E-state index contributed by atoms with van der Waals surface area (Å²) in [5, 5.41) is 2.52. The zero-order valence-electron chi connectivity index (χ0n) is 24.7. The van der Waals surface area contributed by atoms with E-state index < -0.39 is 31.8 Å². The van der Waals surface area contributed by atoms with Crippen molar-refractivity contribution in [3.8, 4) is 5.88 Å². The number of primary amides is 1. The molecule has 224 valence electrons. The molecule has 12 nitrogen and oxygen atoms in total. The lowest BCUT2D eigenvalue weighted by Crippen LogP contribution is -2.46. The molecule has 1 aliphatic heterocycles. The molecule has 4 heterocycles. The van der Waals surface area contributed by atoms with Crippen LogP contribution in [-0.2, 0) is 21.1 Å². The fourth-order valence-corrected chi connectivity index (χ4v) is 5.66. The summed E-state index contributed by atoms with van der Waals surface area (Å²) in [5.41, 5.74) is 7.18. The molecule has 3 amide bonds. The first-order chi connectivity index (χ1) is 19.9. The van der Waals surface area contributed by atoms with E-state index in [9.17, 15) is 19.2 Å². The maximum atomic E-state index is 13.4. The average Bonchev–Trinajstić information content (AvgIpc) is 2.94. The molecule has 13 heteroatoms. The number of rotatable bonds is 9. The summed E-state index contributed by atoms with van der Waals surface area (Å²) in [7, 11) is 0.0807. The van der Waals surface area contributed by atoms with E-state index in [-0.39, 0.29) is 35.3 Å². The number of ether oxygens (including phenoxy) is 2. The van der Waals surface area contributed by atoms with Crippen molar-refractivity contribution in [3.63, 3.8) is 0 Å². The summed E-state index contributed by atoms with van der Waals surface area (Å²) in [6.45, 7) is 9.91. The van der Waals surface area contributed by atoms with E-state index in [0.717, 1.165) is 12.5 Å². The molecule has 1 saturated heterocycles. The van der Waals surface area contributed by atoms with Gasteiger partial charge in [-0.25, -0.2) is 9.97 Å². The maximum absolute atomic E-state index is 13.4. The second-order valence-electron chi connectivity index (χ2n) is 11.8. The molecule has 0 aromatic carbocycles. The van der Waals surface area contributed by atoms with Gasteiger partial charge in [0, 0.05) is 27.3 Å². The number of amides is 3. The highest BCUT2D eigenvalue weighted by Gasteiger charge is 2.35. The number of pyridine rings is 3. The highest BCUT2D eigenvalue weighted by atomic mass is 28.3. The van der Waals surface area contributed by atoms with Crippen LogP contribution in [0.1, 0.15) is 41.9 Å². The molecule has 0 spiro atoms. The lowest BCUT2D eigenvalue weighted by molar-refractivity contribution is -0.146. The van der Waals surface area contributed by atoms with Crippen molar-refractivity contribution in [2.45, 2.75) is 58.2 Å². The van der Waals surface area contributed by atoms with Gasteiger partial charge in [-0.2, -0.15) is 0 Å². The number of nitrogens with one attached hydrogen (secondary N) is 1. The normalized spacial score (nSPS) is 17.2. The van der Waals surface area contributed by atoms with Gasteiger partial charge < -0.3 is 25.4 Å². The van der Waals surface area contributed by atoms with Crippen LogP contribution in [0.4, 0.5) is 5.69 Å². The van der Waals surface area contributed by atoms with E-state index >= 15 is 0 Å². The number of carbonyl (C=O) groups is 3. The van der Waals surface area contributed by atoms with Crippen molar-refractivity contribution in [2.24, 2.45) is 11.7 Å². The molecule has 3 aromatic heterocycles. The molecule has 2 unspecified atom stereocenters. The van der Waals surface area contributed by atoms with E-state index in [1.807, 2.05) is 13.0 Å². The van der Waals surface area contributed by atoms with Crippen LogP contribution < -0.4 is 21.3 Å². The van der Waals surface area contributed by atoms with Crippen LogP contribution in [0.3, 0.4) is 0 Å². The van der Waals surface area contributed by atoms with E-state index in [4.69, 9.17) is 20.2 Å². The van der Waals surface area contributed by atoms with Crippen molar-refractivity contribution < 1.29 is 23.9 Å². The largest absolute Gasteiger partial charge is 0.480 e. The number of nitrogens with zero attached hydrogens (tertiary/aromatic N) is 4. The van der Waals surface area contributed by atoms with Gasteiger partial charge in [-0.15, -0.1) is 0 Å². The van der Waals surface area contributed by atoms with Crippen LogP contribution in [0.25, 0.3) is 11.0 Å². The van der Waals surface area contributed by atoms with E-state index in [1.54, 1.807) is 16.7 Å². The summed E-state index contributed by atoms with van der Waals surface area (Å²) in [6, 6.07) is 8.61. The number of methoxy groups -OCH3 is 1. The predicted molar refractivity (Wildman–Crippen MR) is 161 cm³/mol. The van der Waals surface area contributed by atoms with Gasteiger partial charge in [-0.05, 0) is 49.1 Å². The summed E-state index contributed by atoms with van der Waals surface area (Å²) in [5.74, 6) is -2.19. The molecule has 42 heavy (non-hydrogen) atoms. The number of piperidine rings is 1. The molecular weight excluding hydrogens is 556 g/mol. The summed E-state index contributed by atoms with van der Waals surface area (Å²) in [4.78, 5) is 61.2. The Bertz CT molecular complexity index is 1550. The van der Waals surface area contributed by atoms with Gasteiger partial charge in [0.15, 0.2) is 0 Å². The zero-order valence-corrected chi connectivity index (χ0v) is 25.7. The predicted octanol–water partition coefficient (Wildman–Crippen LogP) is 3.15. The highest BCUT2D eigenvalue weighted by molar-refractivity contribution is 6.76. The van der Waals surface area contributed by atoms with Crippen LogP contribution in [0.5, 0.6) is 5.88 Å². The standard InChI is InChI=1S/C29H38N6O6Si/c1-18-6-9-23(34(16-18)29(39)27(38)32-19-14-20(26(30)37)28(40-2)31-15-19)21-7-10-24-22(33-21)8-11-25(36)35(24)17-41-12-13-42(3,4)5/h7-8,10-11,14-15,18,23H,6,9,12-13,16-17H2,1-5H3,(H2,30,37)(H,32,38). The fraction of sp³-hybridized carbons (Fsp3) is 0.448. The van der Waals surface area contributed by atoms with Crippen LogP contribution in [0, 0.1) is 5.92 Å². The molecule has 0 radical (unpaired) electrons. The Balaban J connectivity index is 1.56. The van der Waals surface area contributed by atoms with E-state index in [2.05, 4.69) is 29.9 Å². The molecule has 0 saturated carbocycles. The Morgan fingerprint density at radius 2 is 1.90 bits per heavy atom. The van der Waals surface area contributed by atoms with E-state index in [1.165, 1.54) is 30.3 Å². The molecule has 4 rings (SSSR count). The van der Waals surface area contributed by atoms with Gasteiger partial charge in [0.1, 0.15) is 12.3 Å². The van der Waals surface area contributed by atoms with Crippen molar-refractivity contribution >= 4 is 42.5 Å². The third-order valence-electron chi connectivity index (χ3n) is 7.26. The Morgan fingerprint density at radius 1 is 1.14 bits per heavy atom. The summed E-state index contributed by atoms with van der Waals surface area (Å²) >= 11 is 0. The highest BCUT2D eigenvalue weighted by Crippen LogP contribution is 2.33. The molecule has 0 aliphatic carbocycles. The van der Waals surface area contributed by atoms with Crippen LogP contribution in [-0.4, -0.2) is 65.5 Å². The van der Waals surface area contributed by atoms with E-state index in [0.29, 0.717) is 36.3 Å². The number of carbonyl (C=O) groups excluding carboxylic acids is 3. The van der Waals surface area contributed by atoms with Gasteiger partial charge in [-0.3, -0.25) is 23.7 Å². The Kier molecular flexibility index (Phi) is 9.42. The number of hydrogen-bond acceptors (Lipinski definition) is 8. The van der Waals surface area contributed by atoms with Crippen molar-refractivity contribution in [3.05, 3.63) is 58.1 Å². The number of nitrogens with two attached hydrogens (primary N) is 1. The van der Waals surface area contributed by atoms with Crippen molar-refractivity contribution in [1.29, 1.82) is 0 Å². The molecule has 1 fully saturated rings. The first-order valence-electron chi connectivity index (χ1n) is 13.9. The fourth-order valence-electron chi connectivity index (χ4n) is 4.91. The van der Waals surface area contributed by atoms with Crippen molar-refractivity contribution in [1.82, 2.24) is 19.4 Å². The second-order valence-corrected chi connectivity index (χ2v) is 17.5. The third kappa shape index (κ3) is 7.20. The second kappa shape index (κ2) is 12.8. The SMILES string of the molecule is COc1ncc(NC(=O)C(=O)N2CC(C)CCC2c2ccc3c(ccc(=O)n3COCC[Si](C)(C)C)n2)cc1C(N)=O. The number of anilines is 1. The minimum absolute atomic E-state index is 0.0164. The van der Waals surface area contributed by atoms with Crippen molar-refractivity contribution in [2.75, 3.05) is 25.6 Å². The average molecular weight is 595 g/mol. The third-order valence-corrected chi connectivity index (χ3v) is 8.97. The quantitative estimate of drug-likeness (QED) is 0.217. The smallest absolute Gasteiger partial charge is 0.313 e. The topological polar surface area (TPSA) is 159 Å². The lowest BCUT2D eigenvalue weighted by atomic mass is 9.92. The van der Waals surface area contributed by atoms with Gasteiger partial charge in [0.05, 0.1) is 41.8 Å². The molecular formula is C29H38N6O6Si. The van der Waals surface area contributed by atoms with Crippen LogP contribution in [0.15, 0.2) is 41.3 Å².